The molecule has 21 heavy (non-hydrogen) atoms. The number of hydrogen-bond donors (Lipinski definition) is 4. The lowest BCUT2D eigenvalue weighted by molar-refractivity contribution is -0.246. The Kier molecular flexibility index (Phi) is 2.48. The Balaban J connectivity index is 1.88. The van der Waals surface area contributed by atoms with Crippen LogP contribution in [0.15, 0.2) is 0 Å². The van der Waals surface area contributed by atoms with E-state index in [4.69, 9.17) is 9.47 Å². The molecule has 0 amide bonds. The van der Waals surface area contributed by atoms with Crippen LogP contribution >= 0.6 is 0 Å². The molecule has 0 aromatic rings. The molecular weight excluding hydrogens is 276 g/mol. The highest BCUT2D eigenvalue weighted by atomic mass is 16.8. The van der Waals surface area contributed by atoms with Crippen molar-refractivity contribution in [1.82, 2.24) is 0 Å². The van der Waals surface area contributed by atoms with Gasteiger partial charge in [-0.1, -0.05) is 13.8 Å². The van der Waals surface area contributed by atoms with Crippen LogP contribution in [-0.2, 0) is 9.47 Å². The Hall–Kier alpha value is -0.240. The van der Waals surface area contributed by atoms with Gasteiger partial charge in [0.1, 0.15) is 0 Å². The number of fused-ring (bicyclic) bond motifs is 3. The van der Waals surface area contributed by atoms with E-state index in [0.29, 0.717) is 6.42 Å². The lowest BCUT2D eigenvalue weighted by Gasteiger charge is -2.41. The van der Waals surface area contributed by atoms with Crippen LogP contribution in [-0.4, -0.2) is 55.9 Å². The van der Waals surface area contributed by atoms with E-state index in [-0.39, 0.29) is 23.7 Å². The highest BCUT2D eigenvalue weighted by Gasteiger charge is 2.79. The predicted octanol–water partition coefficient (Wildman–Crippen LogP) is -0.271. The summed E-state index contributed by atoms with van der Waals surface area (Å²) in [5.41, 5.74) is -4.50. The van der Waals surface area contributed by atoms with Crippen molar-refractivity contribution in [2.75, 3.05) is 0 Å². The first-order valence-corrected chi connectivity index (χ1v) is 7.68. The van der Waals surface area contributed by atoms with Gasteiger partial charge in [-0.05, 0) is 37.0 Å². The Morgan fingerprint density at radius 3 is 2.38 bits per heavy atom. The first kappa shape index (κ1) is 14.4. The molecule has 2 aliphatic heterocycles. The smallest absolute Gasteiger partial charge is 0.193 e. The molecule has 0 radical (unpaired) electrons. The Bertz CT molecular complexity index is 495. The molecule has 2 bridgehead atoms. The van der Waals surface area contributed by atoms with Crippen molar-refractivity contribution in [3.05, 3.63) is 0 Å². The Morgan fingerprint density at radius 2 is 1.71 bits per heavy atom. The zero-order valence-electron chi connectivity index (χ0n) is 12.6. The third kappa shape index (κ3) is 1.44. The van der Waals surface area contributed by atoms with Gasteiger partial charge in [-0.2, -0.15) is 0 Å². The van der Waals surface area contributed by atoms with Crippen LogP contribution in [0.3, 0.4) is 0 Å². The Labute approximate surface area is 123 Å². The van der Waals surface area contributed by atoms with Gasteiger partial charge in [-0.15, -0.1) is 0 Å². The molecule has 6 nitrogen and oxygen atoms in total. The summed E-state index contributed by atoms with van der Waals surface area (Å²) in [6, 6.07) is 0. The van der Waals surface area contributed by atoms with Crippen LogP contribution in [0, 0.1) is 17.3 Å². The van der Waals surface area contributed by atoms with Gasteiger partial charge in [0.15, 0.2) is 23.8 Å². The van der Waals surface area contributed by atoms with Gasteiger partial charge in [-0.3, -0.25) is 0 Å². The normalized spacial score (nSPS) is 64.4. The van der Waals surface area contributed by atoms with E-state index < -0.39 is 35.5 Å². The molecule has 120 valence electrons. The van der Waals surface area contributed by atoms with Gasteiger partial charge in [0.05, 0.1) is 11.7 Å². The van der Waals surface area contributed by atoms with Crippen molar-refractivity contribution in [1.29, 1.82) is 0 Å². The molecular formula is C15H24O6. The van der Waals surface area contributed by atoms with E-state index in [2.05, 4.69) is 13.8 Å². The first-order valence-electron chi connectivity index (χ1n) is 7.68. The molecule has 4 aliphatic rings. The maximum atomic E-state index is 11.0. The molecule has 0 aromatic carbocycles. The van der Waals surface area contributed by atoms with E-state index in [1.54, 1.807) is 0 Å². The molecule has 4 rings (SSSR count). The molecule has 4 fully saturated rings. The summed E-state index contributed by atoms with van der Waals surface area (Å²) in [5, 5.41) is 42.8. The van der Waals surface area contributed by atoms with E-state index in [9.17, 15) is 20.4 Å². The number of aliphatic hydroxyl groups excluding tert-OH is 2. The quantitative estimate of drug-likeness (QED) is 0.491. The second-order valence-electron chi connectivity index (χ2n) is 8.46. The molecule has 0 spiro atoms. The maximum absolute atomic E-state index is 11.0. The van der Waals surface area contributed by atoms with Crippen LogP contribution in [0.2, 0.25) is 0 Å². The minimum atomic E-state index is -2.10. The van der Waals surface area contributed by atoms with Crippen LogP contribution in [0.1, 0.15) is 40.0 Å². The fraction of sp³-hybridized carbons (Fsp3) is 1.00. The number of hydrogen-bond acceptors (Lipinski definition) is 6. The van der Waals surface area contributed by atoms with Crippen molar-refractivity contribution in [2.45, 2.75) is 75.5 Å². The molecule has 8 atom stereocenters. The molecule has 4 N–H and O–H groups in total. The average molecular weight is 300 g/mol. The van der Waals surface area contributed by atoms with Crippen molar-refractivity contribution in [3.63, 3.8) is 0 Å². The van der Waals surface area contributed by atoms with Crippen molar-refractivity contribution < 1.29 is 29.9 Å². The van der Waals surface area contributed by atoms with E-state index >= 15 is 0 Å². The summed E-state index contributed by atoms with van der Waals surface area (Å²) in [5.74, 6) is -0.219. The van der Waals surface area contributed by atoms with Crippen LogP contribution in [0.25, 0.3) is 0 Å². The topological polar surface area (TPSA) is 99.4 Å². The van der Waals surface area contributed by atoms with Crippen LogP contribution < -0.4 is 0 Å². The molecule has 0 aromatic heterocycles. The summed E-state index contributed by atoms with van der Waals surface area (Å²) in [6.07, 6.45) is -2.25. The molecule has 2 saturated carbocycles. The minimum Gasteiger partial charge on any atom is -0.389 e. The summed E-state index contributed by atoms with van der Waals surface area (Å²) < 4.78 is 11.2. The zero-order chi connectivity index (χ0) is 15.4. The van der Waals surface area contributed by atoms with Gasteiger partial charge >= 0.3 is 0 Å². The first-order chi connectivity index (χ1) is 9.54. The van der Waals surface area contributed by atoms with Crippen LogP contribution in [0.5, 0.6) is 0 Å². The molecule has 6 heteroatoms. The molecule has 2 aliphatic carbocycles. The summed E-state index contributed by atoms with van der Waals surface area (Å²) in [4.78, 5) is 0. The fourth-order valence-corrected chi connectivity index (χ4v) is 5.47. The van der Waals surface area contributed by atoms with Gasteiger partial charge in [0.25, 0.3) is 0 Å². The number of aliphatic hydroxyl groups is 4. The molecule has 2 heterocycles. The Morgan fingerprint density at radius 1 is 1.05 bits per heavy atom. The van der Waals surface area contributed by atoms with Crippen molar-refractivity contribution in [3.8, 4) is 0 Å². The number of ether oxygens (including phenoxy) is 2. The SMILES string of the molecule is CC1(C)C[C@H]2[C@@H](O)[C@@]3(O)[C@H](O)O[C@H]4O[C@](C)(C[C@]43O)[C@H]2C1. The molecule has 2 saturated heterocycles. The molecule has 0 unspecified atom stereocenters. The largest absolute Gasteiger partial charge is 0.389 e. The zero-order valence-corrected chi connectivity index (χ0v) is 12.6. The fourth-order valence-electron chi connectivity index (χ4n) is 5.47. The average Bonchev–Trinajstić information content (AvgIpc) is 2.88. The lowest BCUT2D eigenvalue weighted by Crippen LogP contribution is -2.65. The highest BCUT2D eigenvalue weighted by molar-refractivity contribution is 5.24. The van der Waals surface area contributed by atoms with E-state index in [1.165, 1.54) is 0 Å². The van der Waals surface area contributed by atoms with E-state index in [0.717, 1.165) is 6.42 Å². The third-order valence-electron chi connectivity index (χ3n) is 6.43. The summed E-state index contributed by atoms with van der Waals surface area (Å²) in [6.45, 7) is 6.18. The summed E-state index contributed by atoms with van der Waals surface area (Å²) >= 11 is 0. The van der Waals surface area contributed by atoms with Gasteiger partial charge in [-0.25, -0.2) is 0 Å². The second kappa shape index (κ2) is 3.63. The van der Waals surface area contributed by atoms with E-state index in [1.807, 2.05) is 6.92 Å². The maximum Gasteiger partial charge on any atom is 0.193 e. The second-order valence-corrected chi connectivity index (χ2v) is 8.46. The minimum absolute atomic E-state index is 0.0157. The number of rotatable bonds is 0. The van der Waals surface area contributed by atoms with Gasteiger partial charge in [0, 0.05) is 6.42 Å². The third-order valence-corrected chi connectivity index (χ3v) is 6.43. The lowest BCUT2D eigenvalue weighted by atomic mass is 9.74. The highest BCUT2D eigenvalue weighted by Crippen LogP contribution is 2.65. The monoisotopic (exact) mass is 300 g/mol. The van der Waals surface area contributed by atoms with Crippen molar-refractivity contribution in [2.24, 2.45) is 17.3 Å². The van der Waals surface area contributed by atoms with Gasteiger partial charge in [0.2, 0.25) is 0 Å². The van der Waals surface area contributed by atoms with Crippen LogP contribution in [0.4, 0.5) is 0 Å². The van der Waals surface area contributed by atoms with Crippen molar-refractivity contribution >= 4 is 0 Å². The van der Waals surface area contributed by atoms with Gasteiger partial charge < -0.3 is 29.9 Å². The summed E-state index contributed by atoms with van der Waals surface area (Å²) in [7, 11) is 0. The standard InChI is InChI=1S/C15H24O6/c1-12(2)4-7-8(5-12)13(3)6-14(18)11(21-13)20-10(17)15(14,19)9(7)16/h7-11,16-19H,4-6H2,1-3H3/t7-,8+,9-,10-,11+,13-,14+,15-/m1/s1. The predicted molar refractivity (Wildman–Crippen MR) is 70.9 cm³/mol.